The molecular weight excluding hydrogens is 685 g/mol. The first-order valence-corrected chi connectivity index (χ1v) is 19.7. The van der Waals surface area contributed by atoms with Gasteiger partial charge in [-0.1, -0.05) is 121 Å². The van der Waals surface area contributed by atoms with Crippen molar-refractivity contribution in [1.29, 1.82) is 0 Å². The molecule has 3 heteroatoms. The Morgan fingerprint density at radius 2 is 0.836 bits per heavy atom. The van der Waals surface area contributed by atoms with Crippen molar-refractivity contribution < 1.29 is 0 Å². The van der Waals surface area contributed by atoms with Crippen molar-refractivity contribution in [1.82, 2.24) is 9.13 Å². The van der Waals surface area contributed by atoms with E-state index < -0.39 is 0 Å². The van der Waals surface area contributed by atoms with E-state index in [4.69, 9.17) is 0 Å². The number of thiophene rings is 1. The molecule has 2 nitrogen and oxygen atoms in total. The summed E-state index contributed by atoms with van der Waals surface area (Å²) in [6.07, 6.45) is 0. The third-order valence-corrected chi connectivity index (χ3v) is 12.6. The molecular formula is C52H32N2S. The number of fused-ring (bicyclic) bond motifs is 10. The predicted molar refractivity (Wildman–Crippen MR) is 236 cm³/mol. The SMILES string of the molecule is c1ccc(-c2cc(-n3c4ccccc4c4cc(-c5ccc6c(c5)c5ccccc5n6-c5ccc6sc7ccccc7c6c5)ccc43)cc3ccccc23)cc1. The monoisotopic (exact) mass is 716 g/mol. The van der Waals surface area contributed by atoms with Crippen LogP contribution in [-0.4, -0.2) is 9.13 Å². The third kappa shape index (κ3) is 4.60. The van der Waals surface area contributed by atoms with E-state index in [0.29, 0.717) is 0 Å². The van der Waals surface area contributed by atoms with E-state index in [1.807, 2.05) is 11.3 Å². The maximum atomic E-state index is 2.44. The quantitative estimate of drug-likeness (QED) is 0.172. The van der Waals surface area contributed by atoms with Gasteiger partial charge in [-0.25, -0.2) is 0 Å². The molecule has 0 aliphatic carbocycles. The molecule has 0 N–H and O–H groups in total. The number of rotatable bonds is 4. The van der Waals surface area contributed by atoms with Crippen LogP contribution in [0.15, 0.2) is 194 Å². The Hall–Kier alpha value is -6.94. The molecule has 12 rings (SSSR count). The van der Waals surface area contributed by atoms with E-state index >= 15 is 0 Å². The molecule has 0 fully saturated rings. The van der Waals surface area contributed by atoms with E-state index in [0.717, 1.165) is 0 Å². The molecule has 9 aromatic carbocycles. The first-order valence-electron chi connectivity index (χ1n) is 18.8. The van der Waals surface area contributed by atoms with Gasteiger partial charge < -0.3 is 9.13 Å². The summed E-state index contributed by atoms with van der Waals surface area (Å²) in [5.41, 5.74) is 12.1. The summed E-state index contributed by atoms with van der Waals surface area (Å²) in [7, 11) is 0. The smallest absolute Gasteiger partial charge is 0.0541 e. The zero-order chi connectivity index (χ0) is 36.0. The Morgan fingerprint density at radius 3 is 1.55 bits per heavy atom. The lowest BCUT2D eigenvalue weighted by molar-refractivity contribution is 1.19. The molecule has 3 aromatic heterocycles. The van der Waals surface area contributed by atoms with Crippen molar-refractivity contribution in [2.24, 2.45) is 0 Å². The lowest BCUT2D eigenvalue weighted by Gasteiger charge is -2.14. The van der Waals surface area contributed by atoms with Crippen LogP contribution in [0.2, 0.25) is 0 Å². The van der Waals surface area contributed by atoms with Crippen LogP contribution in [-0.2, 0) is 0 Å². The molecule has 12 aromatic rings. The average molecular weight is 717 g/mol. The molecule has 0 bridgehead atoms. The van der Waals surface area contributed by atoms with Crippen LogP contribution in [0, 0.1) is 0 Å². The Labute approximate surface area is 321 Å². The van der Waals surface area contributed by atoms with Crippen molar-refractivity contribution in [3.63, 3.8) is 0 Å². The van der Waals surface area contributed by atoms with Gasteiger partial charge in [0.1, 0.15) is 0 Å². The van der Waals surface area contributed by atoms with Crippen LogP contribution >= 0.6 is 11.3 Å². The number of aromatic nitrogens is 2. The lowest BCUT2D eigenvalue weighted by atomic mass is 9.97. The molecule has 0 radical (unpaired) electrons. The Balaban J connectivity index is 1.04. The third-order valence-electron chi connectivity index (χ3n) is 11.5. The van der Waals surface area contributed by atoms with Gasteiger partial charge in [0.15, 0.2) is 0 Å². The van der Waals surface area contributed by atoms with E-state index in [1.54, 1.807) is 0 Å². The minimum Gasteiger partial charge on any atom is -0.309 e. The van der Waals surface area contributed by atoms with Crippen molar-refractivity contribution in [3.8, 4) is 33.6 Å². The van der Waals surface area contributed by atoms with Gasteiger partial charge in [0.2, 0.25) is 0 Å². The number of hydrogen-bond donors (Lipinski definition) is 0. The minimum atomic E-state index is 1.17. The summed E-state index contributed by atoms with van der Waals surface area (Å²) in [6.45, 7) is 0. The highest BCUT2D eigenvalue weighted by atomic mass is 32.1. The molecule has 0 amide bonds. The molecule has 0 aliphatic rings. The first-order chi connectivity index (χ1) is 27.3. The normalized spacial score (nSPS) is 12.0. The fourth-order valence-electron chi connectivity index (χ4n) is 8.99. The first kappa shape index (κ1) is 30.5. The van der Waals surface area contributed by atoms with Gasteiger partial charge in [0.25, 0.3) is 0 Å². The minimum absolute atomic E-state index is 1.17. The van der Waals surface area contributed by atoms with E-state index in [1.165, 1.54) is 108 Å². The molecule has 0 saturated carbocycles. The van der Waals surface area contributed by atoms with E-state index in [2.05, 4.69) is 203 Å². The number of para-hydroxylation sites is 2. The van der Waals surface area contributed by atoms with Crippen molar-refractivity contribution in [3.05, 3.63) is 194 Å². The molecule has 55 heavy (non-hydrogen) atoms. The van der Waals surface area contributed by atoms with Gasteiger partial charge in [-0.15, -0.1) is 11.3 Å². The Kier molecular flexibility index (Phi) is 6.54. The van der Waals surface area contributed by atoms with Gasteiger partial charge in [-0.2, -0.15) is 0 Å². The fourth-order valence-corrected chi connectivity index (χ4v) is 10.1. The van der Waals surface area contributed by atoms with Crippen LogP contribution in [0.5, 0.6) is 0 Å². The highest BCUT2D eigenvalue weighted by molar-refractivity contribution is 7.25. The summed E-state index contributed by atoms with van der Waals surface area (Å²) in [6, 6.07) is 71.5. The zero-order valence-corrected chi connectivity index (χ0v) is 30.6. The van der Waals surface area contributed by atoms with Crippen LogP contribution in [0.3, 0.4) is 0 Å². The van der Waals surface area contributed by atoms with E-state index in [-0.39, 0.29) is 0 Å². The highest BCUT2D eigenvalue weighted by Crippen LogP contribution is 2.41. The predicted octanol–water partition coefficient (Wildman–Crippen LogP) is 14.7. The summed E-state index contributed by atoms with van der Waals surface area (Å²) in [4.78, 5) is 0. The summed E-state index contributed by atoms with van der Waals surface area (Å²) in [5.74, 6) is 0. The Morgan fingerprint density at radius 1 is 0.291 bits per heavy atom. The largest absolute Gasteiger partial charge is 0.309 e. The second-order valence-electron chi connectivity index (χ2n) is 14.5. The number of benzene rings is 9. The Bertz CT molecular complexity index is 3490. The lowest BCUT2D eigenvalue weighted by Crippen LogP contribution is -1.95. The maximum Gasteiger partial charge on any atom is 0.0541 e. The summed E-state index contributed by atoms with van der Waals surface area (Å²) < 4.78 is 7.53. The second kappa shape index (κ2) is 11.8. The van der Waals surface area contributed by atoms with Gasteiger partial charge in [0.05, 0.1) is 22.1 Å². The summed E-state index contributed by atoms with van der Waals surface area (Å²) in [5, 5.41) is 10.2. The van der Waals surface area contributed by atoms with Gasteiger partial charge in [0, 0.05) is 53.1 Å². The second-order valence-corrected chi connectivity index (χ2v) is 15.6. The molecule has 0 atom stereocenters. The summed E-state index contributed by atoms with van der Waals surface area (Å²) >= 11 is 1.86. The van der Waals surface area contributed by atoms with Crippen LogP contribution in [0.4, 0.5) is 0 Å². The molecule has 256 valence electrons. The van der Waals surface area contributed by atoms with Crippen molar-refractivity contribution in [2.75, 3.05) is 0 Å². The average Bonchev–Trinajstić information content (AvgIpc) is 3.90. The fraction of sp³-hybridized carbons (Fsp3) is 0. The zero-order valence-electron chi connectivity index (χ0n) is 29.8. The van der Waals surface area contributed by atoms with Crippen LogP contribution in [0.25, 0.3) is 108 Å². The van der Waals surface area contributed by atoms with Crippen LogP contribution in [0.1, 0.15) is 0 Å². The molecule has 0 spiro atoms. The van der Waals surface area contributed by atoms with Gasteiger partial charge >= 0.3 is 0 Å². The van der Waals surface area contributed by atoms with Crippen molar-refractivity contribution in [2.45, 2.75) is 0 Å². The number of nitrogens with zero attached hydrogens (tertiary/aromatic N) is 2. The molecule has 0 unspecified atom stereocenters. The highest BCUT2D eigenvalue weighted by Gasteiger charge is 2.18. The topological polar surface area (TPSA) is 9.86 Å². The van der Waals surface area contributed by atoms with Gasteiger partial charge in [-0.05, 0) is 106 Å². The standard InChI is InChI=1S/C52H32N2S/c1-2-12-33(13-3-1)43-32-38(28-36-14-4-5-15-39(36)43)54-48-20-10-7-17-41(48)45-30-35(23-26-50(45)54)34-22-25-49-44(29-34)40-16-6-9-19-47(40)53(49)37-24-27-52-46(31-37)42-18-8-11-21-51(42)55-52/h1-32H. The maximum absolute atomic E-state index is 2.44. The molecule has 3 heterocycles. The number of hydrogen-bond acceptors (Lipinski definition) is 1. The van der Waals surface area contributed by atoms with Crippen LogP contribution < -0.4 is 0 Å². The molecule has 0 aliphatic heterocycles. The van der Waals surface area contributed by atoms with E-state index in [9.17, 15) is 0 Å². The van der Waals surface area contributed by atoms with Gasteiger partial charge in [-0.3, -0.25) is 0 Å². The van der Waals surface area contributed by atoms with Crippen molar-refractivity contribution >= 4 is 85.9 Å². The molecule has 0 saturated heterocycles.